The molecule has 0 bridgehead atoms. The van der Waals surface area contributed by atoms with E-state index in [1.165, 1.54) is 23.5 Å². The third kappa shape index (κ3) is 3.62. The summed E-state index contributed by atoms with van der Waals surface area (Å²) in [5.74, 6) is -1.20. The van der Waals surface area contributed by atoms with Crippen LogP contribution in [0.2, 0.25) is 5.02 Å². The van der Waals surface area contributed by atoms with Gasteiger partial charge in [0.1, 0.15) is 0 Å². The van der Waals surface area contributed by atoms with Gasteiger partial charge < -0.3 is 5.11 Å². The Kier molecular flexibility index (Phi) is 4.67. The highest BCUT2D eigenvalue weighted by atomic mass is 35.5. The first-order chi connectivity index (χ1) is 9.81. The minimum absolute atomic E-state index is 0.0686. The van der Waals surface area contributed by atoms with E-state index in [4.69, 9.17) is 16.7 Å². The summed E-state index contributed by atoms with van der Waals surface area (Å²) in [4.78, 5) is 11.7. The monoisotopic (exact) mass is 345 g/mol. The Labute approximate surface area is 131 Å². The number of hydrogen-bond acceptors (Lipinski definition) is 4. The van der Waals surface area contributed by atoms with Crippen LogP contribution in [0.25, 0.3) is 0 Å². The second-order valence-electron chi connectivity index (χ2n) is 4.31. The zero-order valence-electron chi connectivity index (χ0n) is 10.9. The van der Waals surface area contributed by atoms with Gasteiger partial charge in [-0.3, -0.25) is 0 Å². The minimum atomic E-state index is -3.77. The zero-order valence-corrected chi connectivity index (χ0v) is 13.3. The van der Waals surface area contributed by atoms with Crippen LogP contribution in [0, 0.1) is 0 Å². The topological polar surface area (TPSA) is 83.5 Å². The SMILES string of the molecule is CC(NS(=O)(=O)c1ccc(C(=O)O)c(Cl)c1)c1cccs1. The third-order valence-electron chi connectivity index (χ3n) is 2.78. The van der Waals surface area contributed by atoms with Crippen molar-refractivity contribution in [3.05, 3.63) is 51.2 Å². The average Bonchev–Trinajstić information content (AvgIpc) is 2.91. The van der Waals surface area contributed by atoms with Gasteiger partial charge in [0, 0.05) is 4.88 Å². The maximum absolute atomic E-state index is 12.3. The molecule has 1 aromatic carbocycles. The van der Waals surface area contributed by atoms with E-state index in [0.717, 1.165) is 10.9 Å². The Morgan fingerprint density at radius 1 is 1.38 bits per heavy atom. The van der Waals surface area contributed by atoms with Crippen molar-refractivity contribution in [2.75, 3.05) is 0 Å². The van der Waals surface area contributed by atoms with Gasteiger partial charge >= 0.3 is 5.97 Å². The highest BCUT2D eigenvalue weighted by Gasteiger charge is 2.21. The van der Waals surface area contributed by atoms with Gasteiger partial charge in [-0.2, -0.15) is 0 Å². The van der Waals surface area contributed by atoms with Crippen LogP contribution in [0.3, 0.4) is 0 Å². The van der Waals surface area contributed by atoms with E-state index in [-0.39, 0.29) is 21.5 Å². The number of carboxylic acids is 1. The molecule has 1 unspecified atom stereocenters. The molecule has 2 N–H and O–H groups in total. The van der Waals surface area contributed by atoms with E-state index in [9.17, 15) is 13.2 Å². The van der Waals surface area contributed by atoms with Crippen molar-refractivity contribution in [3.8, 4) is 0 Å². The van der Waals surface area contributed by atoms with Crippen LogP contribution in [-0.4, -0.2) is 19.5 Å². The molecular weight excluding hydrogens is 334 g/mol. The molecule has 2 aromatic rings. The first kappa shape index (κ1) is 16.0. The summed E-state index contributed by atoms with van der Waals surface area (Å²) in [6, 6.07) is 6.82. The molecular formula is C13H12ClNO4S2. The summed E-state index contributed by atoms with van der Waals surface area (Å²) in [7, 11) is -3.77. The Hall–Kier alpha value is -1.41. The largest absolute Gasteiger partial charge is 0.478 e. The van der Waals surface area contributed by atoms with Gasteiger partial charge in [0.25, 0.3) is 0 Å². The summed E-state index contributed by atoms with van der Waals surface area (Å²) in [6.45, 7) is 1.73. The number of thiophene rings is 1. The van der Waals surface area contributed by atoms with Crippen LogP contribution >= 0.6 is 22.9 Å². The molecule has 0 amide bonds. The van der Waals surface area contributed by atoms with Gasteiger partial charge in [-0.25, -0.2) is 17.9 Å². The fraction of sp³-hybridized carbons (Fsp3) is 0.154. The summed E-state index contributed by atoms with van der Waals surface area (Å²) < 4.78 is 27.0. The van der Waals surface area contributed by atoms with E-state index < -0.39 is 16.0 Å². The van der Waals surface area contributed by atoms with E-state index >= 15 is 0 Å². The zero-order chi connectivity index (χ0) is 15.6. The second kappa shape index (κ2) is 6.15. The standard InChI is InChI=1S/C13H12ClNO4S2/c1-8(12-3-2-6-20-12)15-21(18,19)9-4-5-10(13(16)17)11(14)7-9/h2-8,15H,1H3,(H,16,17). The predicted molar refractivity (Wildman–Crippen MR) is 81.5 cm³/mol. The van der Waals surface area contributed by atoms with Crippen LogP contribution in [0.4, 0.5) is 0 Å². The van der Waals surface area contributed by atoms with Gasteiger partial charge in [-0.05, 0) is 36.6 Å². The van der Waals surface area contributed by atoms with Crippen LogP contribution in [-0.2, 0) is 10.0 Å². The number of hydrogen-bond donors (Lipinski definition) is 2. The smallest absolute Gasteiger partial charge is 0.337 e. The van der Waals surface area contributed by atoms with Gasteiger partial charge in [0.05, 0.1) is 21.5 Å². The summed E-state index contributed by atoms with van der Waals surface area (Å²) >= 11 is 7.24. The Morgan fingerprint density at radius 3 is 2.62 bits per heavy atom. The molecule has 0 saturated carbocycles. The molecule has 1 atom stereocenters. The van der Waals surface area contributed by atoms with Gasteiger partial charge in [-0.15, -0.1) is 11.3 Å². The number of sulfonamides is 1. The normalized spacial score (nSPS) is 13.0. The molecule has 0 aliphatic carbocycles. The molecule has 0 aliphatic heterocycles. The first-order valence-corrected chi connectivity index (χ1v) is 8.64. The van der Waals surface area contributed by atoms with E-state index in [1.54, 1.807) is 6.92 Å². The molecule has 112 valence electrons. The lowest BCUT2D eigenvalue weighted by Crippen LogP contribution is -2.26. The molecule has 1 heterocycles. The quantitative estimate of drug-likeness (QED) is 0.872. The lowest BCUT2D eigenvalue weighted by Gasteiger charge is -2.13. The van der Waals surface area contributed by atoms with E-state index in [1.807, 2.05) is 17.5 Å². The van der Waals surface area contributed by atoms with E-state index in [0.29, 0.717) is 0 Å². The second-order valence-corrected chi connectivity index (χ2v) is 7.41. The number of benzene rings is 1. The van der Waals surface area contributed by atoms with Crippen molar-refractivity contribution in [1.82, 2.24) is 4.72 Å². The van der Waals surface area contributed by atoms with Crippen LogP contribution in [0.15, 0.2) is 40.6 Å². The number of rotatable bonds is 5. The Bertz CT molecular complexity index is 756. The molecule has 21 heavy (non-hydrogen) atoms. The molecule has 0 radical (unpaired) electrons. The summed E-state index contributed by atoms with van der Waals surface area (Å²) in [5.41, 5.74) is -0.137. The molecule has 0 aliphatic rings. The average molecular weight is 346 g/mol. The van der Waals surface area contributed by atoms with Crippen molar-refractivity contribution in [2.24, 2.45) is 0 Å². The molecule has 1 aromatic heterocycles. The minimum Gasteiger partial charge on any atom is -0.478 e. The van der Waals surface area contributed by atoms with Crippen molar-refractivity contribution in [3.63, 3.8) is 0 Å². The number of carbonyl (C=O) groups is 1. The highest BCUT2D eigenvalue weighted by Crippen LogP contribution is 2.24. The number of carboxylic acid groups (broad SMARTS) is 1. The fourth-order valence-electron chi connectivity index (χ4n) is 1.73. The van der Waals surface area contributed by atoms with Gasteiger partial charge in [0.15, 0.2) is 0 Å². The van der Waals surface area contributed by atoms with Crippen molar-refractivity contribution in [2.45, 2.75) is 17.9 Å². The molecule has 0 saturated heterocycles. The molecule has 2 rings (SSSR count). The molecule has 8 heteroatoms. The Morgan fingerprint density at radius 2 is 2.10 bits per heavy atom. The van der Waals surface area contributed by atoms with Crippen LogP contribution in [0.5, 0.6) is 0 Å². The van der Waals surface area contributed by atoms with Crippen LogP contribution < -0.4 is 4.72 Å². The third-order valence-corrected chi connectivity index (χ3v) is 5.69. The van der Waals surface area contributed by atoms with Crippen molar-refractivity contribution >= 4 is 38.9 Å². The lowest BCUT2D eigenvalue weighted by atomic mass is 10.2. The fourth-order valence-corrected chi connectivity index (χ4v) is 4.12. The van der Waals surface area contributed by atoms with Crippen molar-refractivity contribution in [1.29, 1.82) is 0 Å². The van der Waals surface area contributed by atoms with Gasteiger partial charge in [-0.1, -0.05) is 17.7 Å². The maximum atomic E-state index is 12.3. The summed E-state index contributed by atoms with van der Waals surface area (Å²) in [6.07, 6.45) is 0. The number of nitrogens with one attached hydrogen (secondary N) is 1. The highest BCUT2D eigenvalue weighted by molar-refractivity contribution is 7.89. The Balaban J connectivity index is 2.28. The predicted octanol–water partition coefficient (Wildman–Crippen LogP) is 3.14. The lowest BCUT2D eigenvalue weighted by molar-refractivity contribution is 0.0697. The molecule has 0 spiro atoms. The van der Waals surface area contributed by atoms with Gasteiger partial charge in [0.2, 0.25) is 10.0 Å². The maximum Gasteiger partial charge on any atom is 0.337 e. The van der Waals surface area contributed by atoms with Crippen LogP contribution in [0.1, 0.15) is 28.2 Å². The first-order valence-electron chi connectivity index (χ1n) is 5.90. The summed E-state index contributed by atoms with van der Waals surface area (Å²) in [5, 5.41) is 10.6. The molecule has 5 nitrogen and oxygen atoms in total. The van der Waals surface area contributed by atoms with Crippen molar-refractivity contribution < 1.29 is 18.3 Å². The number of aromatic carboxylic acids is 1. The molecule has 0 fully saturated rings. The van der Waals surface area contributed by atoms with E-state index in [2.05, 4.69) is 4.72 Å². The number of halogens is 1.